The average molecular weight is 618 g/mol. The highest BCUT2D eigenvalue weighted by molar-refractivity contribution is 6.02. The molecule has 2 unspecified atom stereocenters. The minimum absolute atomic E-state index is 0.0511. The highest BCUT2D eigenvalue weighted by Gasteiger charge is 2.51. The van der Waals surface area contributed by atoms with Gasteiger partial charge in [0.2, 0.25) is 0 Å². The summed E-state index contributed by atoms with van der Waals surface area (Å²) in [7, 11) is 0. The molecule has 1 aromatic carbocycles. The Morgan fingerprint density at radius 2 is 2.00 bits per heavy atom. The number of aliphatic imine (C=N–C) groups is 1. The molecule has 0 saturated heterocycles. The zero-order valence-corrected chi connectivity index (χ0v) is 25.0. The van der Waals surface area contributed by atoms with Crippen LogP contribution >= 0.6 is 0 Å². The van der Waals surface area contributed by atoms with E-state index in [1.54, 1.807) is 45.3 Å². The molecular formula is C31H41N2O11+. The molecule has 0 spiro atoms. The molecule has 0 fully saturated rings. The largest absolute Gasteiger partial charge is 0.484 e. The van der Waals surface area contributed by atoms with E-state index in [-0.39, 0.29) is 31.0 Å². The number of rotatable bonds is 13. The lowest BCUT2D eigenvalue weighted by atomic mass is 9.86. The number of fused-ring (bicyclic) bond motifs is 3. The Labute approximate surface area is 253 Å². The fraction of sp³-hybridized carbons (Fsp3) is 0.548. The number of aliphatic hydroxyl groups excluding tert-OH is 5. The number of hydrogen-bond acceptors (Lipinski definition) is 12. The SMILES string of the molecule is Cc1cc(=O)c2cc3c(c(CCCO)c2o1)OC(C)(C)[C@H](OOC[C@H](O)[C@](O)(C[NH+]1C=CC2=NC=CC21)[C@H](O)[C@H](O)CO)C3. The van der Waals surface area contributed by atoms with Crippen molar-refractivity contribution in [2.75, 3.05) is 26.4 Å². The predicted octanol–water partition coefficient (Wildman–Crippen LogP) is -1.39. The van der Waals surface area contributed by atoms with Crippen molar-refractivity contribution in [2.45, 2.75) is 81.7 Å². The fourth-order valence-corrected chi connectivity index (χ4v) is 6.03. The molecule has 4 heterocycles. The summed E-state index contributed by atoms with van der Waals surface area (Å²) < 4.78 is 12.3. The summed E-state index contributed by atoms with van der Waals surface area (Å²) in [6.45, 7) is 3.56. The Hall–Kier alpha value is -2.98. The van der Waals surface area contributed by atoms with Crippen LogP contribution < -0.4 is 15.1 Å². The van der Waals surface area contributed by atoms with E-state index in [9.17, 15) is 35.4 Å². The molecule has 240 valence electrons. The van der Waals surface area contributed by atoms with Crippen LogP contribution in [0.3, 0.4) is 0 Å². The first-order valence-corrected chi connectivity index (χ1v) is 14.7. The smallest absolute Gasteiger partial charge is 0.192 e. The molecule has 0 saturated carbocycles. The summed E-state index contributed by atoms with van der Waals surface area (Å²) in [5, 5.41) is 62.9. The second-order valence-electron chi connectivity index (χ2n) is 12.2. The van der Waals surface area contributed by atoms with Gasteiger partial charge in [-0.2, -0.15) is 0 Å². The van der Waals surface area contributed by atoms with E-state index in [2.05, 4.69) is 4.99 Å². The highest BCUT2D eigenvalue weighted by Crippen LogP contribution is 2.41. The molecule has 1 aromatic heterocycles. The summed E-state index contributed by atoms with van der Waals surface area (Å²) in [6, 6.07) is 2.89. The van der Waals surface area contributed by atoms with E-state index in [0.29, 0.717) is 51.3 Å². The van der Waals surface area contributed by atoms with Gasteiger partial charge in [-0.1, -0.05) is 0 Å². The Morgan fingerprint density at radius 1 is 1.23 bits per heavy atom. The van der Waals surface area contributed by atoms with E-state index in [0.717, 1.165) is 5.71 Å². The van der Waals surface area contributed by atoms with E-state index in [1.807, 2.05) is 6.08 Å². The normalized spacial score (nSPS) is 25.2. The number of aliphatic hydroxyl groups is 6. The summed E-state index contributed by atoms with van der Waals surface area (Å²) in [5.74, 6) is 1.01. The lowest BCUT2D eigenvalue weighted by molar-refractivity contribution is -0.861. The minimum atomic E-state index is -2.31. The van der Waals surface area contributed by atoms with Gasteiger partial charge in [0, 0.05) is 36.9 Å². The van der Waals surface area contributed by atoms with E-state index >= 15 is 0 Å². The maximum absolute atomic E-state index is 12.8. The van der Waals surface area contributed by atoms with Gasteiger partial charge >= 0.3 is 0 Å². The number of nitrogens with one attached hydrogen (secondary N) is 1. The van der Waals surface area contributed by atoms with Crippen molar-refractivity contribution in [3.8, 4) is 5.75 Å². The van der Waals surface area contributed by atoms with Gasteiger partial charge in [0.05, 0.1) is 18.2 Å². The Kier molecular flexibility index (Phi) is 9.42. The third kappa shape index (κ3) is 6.12. The zero-order chi connectivity index (χ0) is 31.8. The molecule has 44 heavy (non-hydrogen) atoms. The maximum atomic E-state index is 12.8. The molecule has 13 nitrogen and oxygen atoms in total. The first-order chi connectivity index (χ1) is 20.9. The van der Waals surface area contributed by atoms with Gasteiger partial charge in [-0.3, -0.25) is 14.7 Å². The molecule has 0 aliphatic carbocycles. The van der Waals surface area contributed by atoms with Crippen molar-refractivity contribution >= 4 is 16.7 Å². The number of quaternary nitrogens is 1. The highest BCUT2D eigenvalue weighted by atomic mass is 17.2. The van der Waals surface area contributed by atoms with Crippen LogP contribution in [0.25, 0.3) is 11.0 Å². The van der Waals surface area contributed by atoms with Crippen LogP contribution in [0.4, 0.5) is 0 Å². The molecule has 3 aliphatic heterocycles. The molecular weight excluding hydrogens is 576 g/mol. The molecule has 0 bridgehead atoms. The van der Waals surface area contributed by atoms with Gasteiger partial charge in [-0.15, -0.1) is 0 Å². The van der Waals surface area contributed by atoms with Gasteiger partial charge in [0.1, 0.15) is 66.0 Å². The quantitative estimate of drug-likeness (QED) is 0.103. The number of aryl methyl sites for hydroxylation is 2. The first kappa shape index (κ1) is 32.4. The molecule has 0 amide bonds. The van der Waals surface area contributed by atoms with Crippen LogP contribution in [0, 0.1) is 6.92 Å². The van der Waals surface area contributed by atoms with Crippen LogP contribution in [-0.4, -0.2) is 104 Å². The minimum Gasteiger partial charge on any atom is -0.484 e. The topological polar surface area (TPSA) is 196 Å². The number of ether oxygens (including phenoxy) is 1. The van der Waals surface area contributed by atoms with Crippen molar-refractivity contribution in [2.24, 2.45) is 4.99 Å². The zero-order valence-electron chi connectivity index (χ0n) is 25.0. The second kappa shape index (κ2) is 12.8. The van der Waals surface area contributed by atoms with Crippen molar-refractivity contribution in [1.82, 2.24) is 0 Å². The van der Waals surface area contributed by atoms with Crippen LogP contribution in [0.1, 0.15) is 37.2 Å². The summed E-state index contributed by atoms with van der Waals surface area (Å²) in [5.41, 5.74) is -0.936. The lowest BCUT2D eigenvalue weighted by Gasteiger charge is -2.41. The van der Waals surface area contributed by atoms with Crippen LogP contribution in [0.5, 0.6) is 5.75 Å². The molecule has 0 radical (unpaired) electrons. The van der Waals surface area contributed by atoms with Crippen molar-refractivity contribution in [3.05, 3.63) is 63.8 Å². The molecule has 7 N–H and O–H groups in total. The summed E-state index contributed by atoms with van der Waals surface area (Å²) in [6.07, 6.45) is 1.97. The lowest BCUT2D eigenvalue weighted by Crippen LogP contribution is -3.13. The van der Waals surface area contributed by atoms with Crippen LogP contribution in [-0.2, 0) is 22.6 Å². The van der Waals surface area contributed by atoms with Gasteiger partial charge in [0.15, 0.2) is 17.1 Å². The molecule has 5 rings (SSSR count). The maximum Gasteiger partial charge on any atom is 0.192 e. The Balaban J connectivity index is 1.34. The molecule has 3 aliphatic rings. The van der Waals surface area contributed by atoms with Gasteiger partial charge in [0.25, 0.3) is 0 Å². The molecule has 2 aromatic rings. The molecule has 7 atom stereocenters. The number of benzene rings is 1. The monoisotopic (exact) mass is 617 g/mol. The fourth-order valence-electron chi connectivity index (χ4n) is 6.03. The Bertz CT molecular complexity index is 1520. The second-order valence-corrected chi connectivity index (χ2v) is 12.2. The van der Waals surface area contributed by atoms with Gasteiger partial charge < -0.3 is 39.8 Å². The van der Waals surface area contributed by atoms with Crippen molar-refractivity contribution < 1.29 is 54.5 Å². The van der Waals surface area contributed by atoms with Gasteiger partial charge in [-0.25, -0.2) is 9.78 Å². The van der Waals surface area contributed by atoms with E-state index in [1.165, 1.54) is 6.07 Å². The van der Waals surface area contributed by atoms with E-state index < -0.39 is 48.8 Å². The summed E-state index contributed by atoms with van der Waals surface area (Å²) >= 11 is 0. The third-order valence-corrected chi connectivity index (χ3v) is 8.62. The first-order valence-electron chi connectivity index (χ1n) is 14.7. The third-order valence-electron chi connectivity index (χ3n) is 8.62. The van der Waals surface area contributed by atoms with E-state index in [4.69, 9.17) is 18.9 Å². The van der Waals surface area contributed by atoms with Crippen molar-refractivity contribution in [1.29, 1.82) is 0 Å². The number of nitrogens with zero attached hydrogens (tertiary/aromatic N) is 1. The Morgan fingerprint density at radius 3 is 2.73 bits per heavy atom. The predicted molar refractivity (Wildman–Crippen MR) is 157 cm³/mol. The standard InChI is InChI=1S/C31H40N2O11/c1-17-11-23(36)20-12-18-13-26(30(2,3)43-27(18)19(5-4-10-34)28(20)42-17)44-41-15-25(38)31(40,29(39)24(37)14-35)16-33-9-7-21-22(33)6-8-32-21/h6-9,11-12,22,24-26,29,34-35,37-40H,4-5,10,13-16H2,1-3H3/p+1/t22?,24-,25+,26-,29-,31-/m1/s1. The number of hydrogen-bond donors (Lipinski definition) is 7. The van der Waals surface area contributed by atoms with Crippen molar-refractivity contribution in [3.63, 3.8) is 0 Å². The van der Waals surface area contributed by atoms with Crippen LogP contribution in [0.15, 0.2) is 50.9 Å². The van der Waals surface area contributed by atoms with Crippen LogP contribution in [0.2, 0.25) is 0 Å². The van der Waals surface area contributed by atoms with Gasteiger partial charge in [-0.05, 0) is 51.3 Å². The average Bonchev–Trinajstić information content (AvgIpc) is 3.60. The summed E-state index contributed by atoms with van der Waals surface area (Å²) in [4.78, 5) is 28.9. The molecule has 13 heteroatoms.